The first kappa shape index (κ1) is 15.4. The van der Waals surface area contributed by atoms with Crippen LogP contribution in [0.1, 0.15) is 37.9 Å². The highest BCUT2D eigenvalue weighted by Gasteiger charge is 2.19. The first-order chi connectivity index (χ1) is 9.81. The number of rotatable bonds is 10. The number of likely N-dealkylation sites (N-methyl/N-ethyl adjacent to an activating group) is 1. The maximum absolute atomic E-state index is 5.68. The second kappa shape index (κ2) is 8.35. The van der Waals surface area contributed by atoms with E-state index < -0.39 is 0 Å². The second-order valence-electron chi connectivity index (χ2n) is 5.39. The maximum atomic E-state index is 5.68. The van der Waals surface area contributed by atoms with E-state index in [4.69, 9.17) is 4.74 Å². The van der Waals surface area contributed by atoms with Crippen molar-refractivity contribution in [1.82, 2.24) is 15.2 Å². The van der Waals surface area contributed by atoms with Crippen molar-refractivity contribution in [2.24, 2.45) is 0 Å². The zero-order chi connectivity index (χ0) is 14.2. The minimum atomic E-state index is 0.609. The molecule has 1 aromatic rings. The Labute approximate surface area is 122 Å². The van der Waals surface area contributed by atoms with Crippen LogP contribution in [0.15, 0.2) is 18.3 Å². The van der Waals surface area contributed by atoms with Gasteiger partial charge in [-0.3, -0.25) is 4.98 Å². The van der Waals surface area contributed by atoms with Gasteiger partial charge in [-0.2, -0.15) is 0 Å². The third kappa shape index (κ3) is 5.57. The summed E-state index contributed by atoms with van der Waals surface area (Å²) in [6.07, 6.45) is 4.61. The molecule has 2 rings (SSSR count). The predicted molar refractivity (Wildman–Crippen MR) is 81.5 cm³/mol. The Kier molecular flexibility index (Phi) is 6.43. The van der Waals surface area contributed by atoms with Crippen LogP contribution in [-0.2, 0) is 17.9 Å². The third-order valence-corrected chi connectivity index (χ3v) is 3.75. The smallest absolute Gasteiger partial charge is 0.0888 e. The fourth-order valence-electron chi connectivity index (χ4n) is 2.10. The summed E-state index contributed by atoms with van der Waals surface area (Å²) in [5.41, 5.74) is 2.27. The molecule has 112 valence electrons. The Hall–Kier alpha value is -0.970. The summed E-state index contributed by atoms with van der Waals surface area (Å²) in [7, 11) is 0. The average Bonchev–Trinajstić information content (AvgIpc) is 3.31. The molecule has 1 aromatic heterocycles. The van der Waals surface area contributed by atoms with Gasteiger partial charge >= 0.3 is 0 Å². The summed E-state index contributed by atoms with van der Waals surface area (Å²) < 4.78 is 5.68. The minimum absolute atomic E-state index is 0.609. The van der Waals surface area contributed by atoms with Crippen LogP contribution in [0.5, 0.6) is 0 Å². The lowest BCUT2D eigenvalue weighted by Gasteiger charge is -2.17. The minimum Gasteiger partial charge on any atom is -0.374 e. The van der Waals surface area contributed by atoms with Gasteiger partial charge in [-0.15, -0.1) is 0 Å². The van der Waals surface area contributed by atoms with Gasteiger partial charge in [-0.25, -0.2) is 0 Å². The standard InChI is InChI=1S/C16H27N3O/c1-3-19(4-2)9-10-20-13-16-6-5-14(12-18-16)11-17-15-7-8-15/h5-6,12,15,17H,3-4,7-11,13H2,1-2H3. The number of aromatic nitrogens is 1. The SMILES string of the molecule is CCN(CC)CCOCc1ccc(CNC2CC2)cn1. The molecule has 1 saturated carbocycles. The summed E-state index contributed by atoms with van der Waals surface area (Å²) in [5, 5.41) is 3.49. The molecule has 20 heavy (non-hydrogen) atoms. The van der Waals surface area contributed by atoms with Gasteiger partial charge in [0.2, 0.25) is 0 Å². The fourth-order valence-corrected chi connectivity index (χ4v) is 2.10. The van der Waals surface area contributed by atoms with Crippen molar-refractivity contribution in [3.05, 3.63) is 29.6 Å². The molecule has 0 atom stereocenters. The van der Waals surface area contributed by atoms with E-state index in [0.717, 1.165) is 44.5 Å². The van der Waals surface area contributed by atoms with Crippen molar-refractivity contribution in [3.63, 3.8) is 0 Å². The molecule has 0 amide bonds. The Bertz CT molecular complexity index is 372. The van der Waals surface area contributed by atoms with Gasteiger partial charge in [0.1, 0.15) is 0 Å². The molecule has 1 N–H and O–H groups in total. The van der Waals surface area contributed by atoms with Crippen molar-refractivity contribution in [1.29, 1.82) is 0 Å². The van der Waals surface area contributed by atoms with Crippen molar-refractivity contribution < 1.29 is 4.74 Å². The van der Waals surface area contributed by atoms with E-state index in [1.807, 2.05) is 6.20 Å². The van der Waals surface area contributed by atoms with Crippen molar-refractivity contribution in [2.45, 2.75) is 45.9 Å². The van der Waals surface area contributed by atoms with E-state index in [1.54, 1.807) is 0 Å². The summed E-state index contributed by atoms with van der Waals surface area (Å²) in [4.78, 5) is 6.82. The molecule has 4 heteroatoms. The Balaban J connectivity index is 1.62. The van der Waals surface area contributed by atoms with Crippen LogP contribution < -0.4 is 5.32 Å². The molecule has 0 saturated heterocycles. The van der Waals surface area contributed by atoms with Gasteiger partial charge in [-0.05, 0) is 37.6 Å². The lowest BCUT2D eigenvalue weighted by atomic mass is 10.2. The van der Waals surface area contributed by atoms with Crippen LogP contribution in [-0.4, -0.2) is 42.2 Å². The Morgan fingerprint density at radius 3 is 2.70 bits per heavy atom. The molecule has 4 nitrogen and oxygen atoms in total. The number of hydrogen-bond donors (Lipinski definition) is 1. The number of ether oxygens (including phenoxy) is 1. The topological polar surface area (TPSA) is 37.4 Å². The lowest BCUT2D eigenvalue weighted by Crippen LogP contribution is -2.27. The van der Waals surface area contributed by atoms with Crippen LogP contribution >= 0.6 is 0 Å². The molecule has 1 fully saturated rings. The van der Waals surface area contributed by atoms with Gasteiger partial charge in [-0.1, -0.05) is 19.9 Å². The highest BCUT2D eigenvalue weighted by Crippen LogP contribution is 2.19. The van der Waals surface area contributed by atoms with E-state index >= 15 is 0 Å². The van der Waals surface area contributed by atoms with Gasteiger partial charge in [0.25, 0.3) is 0 Å². The quantitative estimate of drug-likeness (QED) is 0.665. The van der Waals surface area contributed by atoms with Crippen molar-refractivity contribution in [3.8, 4) is 0 Å². The monoisotopic (exact) mass is 277 g/mol. The van der Waals surface area contributed by atoms with Crippen molar-refractivity contribution >= 4 is 0 Å². The fraction of sp³-hybridized carbons (Fsp3) is 0.688. The molecule has 1 heterocycles. The summed E-state index contributed by atoms with van der Waals surface area (Å²) in [6, 6.07) is 4.96. The molecule has 0 unspecified atom stereocenters. The molecule has 0 radical (unpaired) electrons. The third-order valence-electron chi connectivity index (χ3n) is 3.75. The predicted octanol–water partition coefficient (Wildman–Crippen LogP) is 2.19. The maximum Gasteiger partial charge on any atom is 0.0888 e. The lowest BCUT2D eigenvalue weighted by molar-refractivity contribution is 0.0936. The van der Waals surface area contributed by atoms with Crippen LogP contribution in [0.4, 0.5) is 0 Å². The van der Waals surface area contributed by atoms with Gasteiger partial charge in [0, 0.05) is 25.3 Å². The van der Waals surface area contributed by atoms with Crippen molar-refractivity contribution in [2.75, 3.05) is 26.2 Å². The number of nitrogens with zero attached hydrogens (tertiary/aromatic N) is 2. The van der Waals surface area contributed by atoms with Crippen LogP contribution in [0.3, 0.4) is 0 Å². The Morgan fingerprint density at radius 2 is 2.10 bits per heavy atom. The highest BCUT2D eigenvalue weighted by atomic mass is 16.5. The molecule has 0 aliphatic heterocycles. The average molecular weight is 277 g/mol. The number of hydrogen-bond acceptors (Lipinski definition) is 4. The summed E-state index contributed by atoms with van der Waals surface area (Å²) in [5.74, 6) is 0. The normalized spacial score (nSPS) is 14.9. The summed E-state index contributed by atoms with van der Waals surface area (Å²) in [6.45, 7) is 9.84. The zero-order valence-corrected chi connectivity index (χ0v) is 12.8. The van der Waals surface area contributed by atoms with E-state index in [2.05, 4.69) is 41.2 Å². The number of nitrogens with one attached hydrogen (secondary N) is 1. The molecule has 0 bridgehead atoms. The van der Waals surface area contributed by atoms with Crippen LogP contribution in [0.25, 0.3) is 0 Å². The Morgan fingerprint density at radius 1 is 1.30 bits per heavy atom. The number of pyridine rings is 1. The molecule has 1 aliphatic rings. The van der Waals surface area contributed by atoms with Crippen LogP contribution in [0.2, 0.25) is 0 Å². The molecule has 0 spiro atoms. The molecular formula is C16H27N3O. The van der Waals surface area contributed by atoms with E-state index in [0.29, 0.717) is 6.61 Å². The summed E-state index contributed by atoms with van der Waals surface area (Å²) >= 11 is 0. The molecule has 0 aromatic carbocycles. The second-order valence-corrected chi connectivity index (χ2v) is 5.39. The van der Waals surface area contributed by atoms with E-state index in [1.165, 1.54) is 18.4 Å². The molecular weight excluding hydrogens is 250 g/mol. The van der Waals surface area contributed by atoms with E-state index in [-0.39, 0.29) is 0 Å². The highest BCUT2D eigenvalue weighted by molar-refractivity contribution is 5.13. The largest absolute Gasteiger partial charge is 0.374 e. The van der Waals surface area contributed by atoms with Gasteiger partial charge in [0.05, 0.1) is 18.9 Å². The molecule has 1 aliphatic carbocycles. The first-order valence-electron chi connectivity index (χ1n) is 7.79. The zero-order valence-electron chi connectivity index (χ0n) is 12.8. The van der Waals surface area contributed by atoms with E-state index in [9.17, 15) is 0 Å². The first-order valence-corrected chi connectivity index (χ1v) is 7.79. The van der Waals surface area contributed by atoms with Gasteiger partial charge in [0.15, 0.2) is 0 Å². The van der Waals surface area contributed by atoms with Gasteiger partial charge < -0.3 is 15.0 Å². The van der Waals surface area contributed by atoms with Crippen LogP contribution in [0, 0.1) is 0 Å².